The van der Waals surface area contributed by atoms with Crippen molar-refractivity contribution in [2.24, 2.45) is 0 Å². The third kappa shape index (κ3) is 6.16. The first-order valence-corrected chi connectivity index (χ1v) is 10.6. The van der Waals surface area contributed by atoms with Crippen molar-refractivity contribution in [2.45, 2.75) is 25.9 Å². The highest BCUT2D eigenvalue weighted by molar-refractivity contribution is 9.10. The van der Waals surface area contributed by atoms with Gasteiger partial charge in [0.25, 0.3) is 5.91 Å². The Morgan fingerprint density at radius 3 is 2.79 bits per heavy atom. The van der Waals surface area contributed by atoms with E-state index < -0.39 is 0 Å². The number of hydrogen-bond acceptors (Lipinski definition) is 5. The van der Waals surface area contributed by atoms with Crippen LogP contribution in [0.5, 0.6) is 11.5 Å². The number of benzene rings is 2. The first-order valence-electron chi connectivity index (χ1n) is 9.45. The molecule has 0 aromatic heterocycles. The molecule has 2 aromatic carbocycles. The Bertz CT molecular complexity index is 872. The van der Waals surface area contributed by atoms with E-state index in [0.29, 0.717) is 40.4 Å². The smallest absolute Gasteiger partial charge is 0.257 e. The number of thiocarbonyl (C=S) groups is 1. The minimum atomic E-state index is -0.316. The molecule has 1 heterocycles. The molecule has 0 aliphatic carbocycles. The minimum Gasteiger partial charge on any atom is -0.493 e. The SMILES string of the molecule is CCOc1ccc(C(=O)NC(=S)Nc2ccccc2OCC2CCCO2)cc1Br. The lowest BCUT2D eigenvalue weighted by molar-refractivity contribution is 0.0682. The third-order valence-electron chi connectivity index (χ3n) is 4.30. The molecule has 1 unspecified atom stereocenters. The Morgan fingerprint density at radius 2 is 2.07 bits per heavy atom. The number of hydrogen-bond donors (Lipinski definition) is 2. The van der Waals surface area contributed by atoms with Gasteiger partial charge in [-0.2, -0.15) is 0 Å². The number of carbonyl (C=O) groups excluding carboxylic acids is 1. The number of para-hydroxylation sites is 2. The first-order chi connectivity index (χ1) is 14.1. The predicted molar refractivity (Wildman–Crippen MR) is 120 cm³/mol. The summed E-state index contributed by atoms with van der Waals surface area (Å²) < 4.78 is 17.6. The quantitative estimate of drug-likeness (QED) is 0.569. The minimum absolute atomic E-state index is 0.118. The maximum Gasteiger partial charge on any atom is 0.257 e. The summed E-state index contributed by atoms with van der Waals surface area (Å²) in [6, 6.07) is 12.6. The van der Waals surface area contributed by atoms with Gasteiger partial charge in [-0.1, -0.05) is 12.1 Å². The lowest BCUT2D eigenvalue weighted by atomic mass is 10.2. The lowest BCUT2D eigenvalue weighted by Crippen LogP contribution is -2.34. The van der Waals surface area contributed by atoms with E-state index in [1.165, 1.54) is 0 Å². The molecule has 3 rings (SSSR count). The molecule has 0 radical (unpaired) electrons. The van der Waals surface area contributed by atoms with Crippen molar-refractivity contribution in [3.8, 4) is 11.5 Å². The fraction of sp³-hybridized carbons (Fsp3) is 0.333. The van der Waals surface area contributed by atoms with Gasteiger partial charge in [-0.3, -0.25) is 10.1 Å². The summed E-state index contributed by atoms with van der Waals surface area (Å²) in [5, 5.41) is 5.91. The molecule has 6 nitrogen and oxygen atoms in total. The Kier molecular flexibility index (Phi) is 7.85. The van der Waals surface area contributed by atoms with Crippen molar-refractivity contribution in [3.05, 3.63) is 52.5 Å². The summed E-state index contributed by atoms with van der Waals surface area (Å²) in [6.07, 6.45) is 2.18. The predicted octanol–water partition coefficient (Wildman–Crippen LogP) is 4.53. The van der Waals surface area contributed by atoms with E-state index in [1.807, 2.05) is 31.2 Å². The van der Waals surface area contributed by atoms with Crippen LogP contribution in [-0.4, -0.2) is 36.9 Å². The van der Waals surface area contributed by atoms with E-state index in [9.17, 15) is 4.79 Å². The lowest BCUT2D eigenvalue weighted by Gasteiger charge is -2.16. The second kappa shape index (κ2) is 10.6. The van der Waals surface area contributed by atoms with Crippen LogP contribution in [0.2, 0.25) is 0 Å². The summed E-state index contributed by atoms with van der Waals surface area (Å²) in [4.78, 5) is 12.5. The molecule has 1 aliphatic rings. The van der Waals surface area contributed by atoms with Crippen LogP contribution in [0.25, 0.3) is 0 Å². The van der Waals surface area contributed by atoms with E-state index in [1.54, 1.807) is 18.2 Å². The van der Waals surface area contributed by atoms with Gasteiger partial charge in [0.2, 0.25) is 0 Å². The van der Waals surface area contributed by atoms with Gasteiger partial charge in [-0.05, 0) is 78.2 Å². The maximum absolute atomic E-state index is 12.5. The van der Waals surface area contributed by atoms with Gasteiger partial charge in [-0.25, -0.2) is 0 Å². The van der Waals surface area contributed by atoms with E-state index in [-0.39, 0.29) is 17.1 Å². The van der Waals surface area contributed by atoms with Crippen molar-refractivity contribution in [3.63, 3.8) is 0 Å². The molecular weight excluding hydrogens is 456 g/mol. The average molecular weight is 479 g/mol. The first kappa shape index (κ1) is 21.5. The zero-order valence-corrected chi connectivity index (χ0v) is 18.5. The van der Waals surface area contributed by atoms with E-state index in [2.05, 4.69) is 26.6 Å². The van der Waals surface area contributed by atoms with Gasteiger partial charge in [0, 0.05) is 12.2 Å². The molecule has 2 N–H and O–H groups in total. The van der Waals surface area contributed by atoms with Crippen molar-refractivity contribution >= 4 is 44.9 Å². The summed E-state index contributed by atoms with van der Waals surface area (Å²) in [5.74, 6) is 1.02. The fourth-order valence-corrected chi connectivity index (χ4v) is 3.59. The monoisotopic (exact) mass is 478 g/mol. The number of ether oxygens (including phenoxy) is 3. The molecule has 1 atom stereocenters. The Morgan fingerprint density at radius 1 is 1.24 bits per heavy atom. The van der Waals surface area contributed by atoms with E-state index in [0.717, 1.165) is 19.4 Å². The van der Waals surface area contributed by atoms with E-state index in [4.69, 9.17) is 26.4 Å². The zero-order valence-electron chi connectivity index (χ0n) is 16.1. The zero-order chi connectivity index (χ0) is 20.6. The molecular formula is C21H23BrN2O4S. The van der Waals surface area contributed by atoms with Crippen LogP contribution >= 0.6 is 28.1 Å². The van der Waals surface area contributed by atoms with Crippen LogP contribution in [0.4, 0.5) is 5.69 Å². The Balaban J connectivity index is 1.59. The van der Waals surface area contributed by atoms with Crippen molar-refractivity contribution in [1.29, 1.82) is 0 Å². The second-order valence-electron chi connectivity index (χ2n) is 6.43. The normalized spacial score (nSPS) is 15.6. The number of amides is 1. The highest BCUT2D eigenvalue weighted by atomic mass is 79.9. The molecule has 0 spiro atoms. The number of nitrogens with one attached hydrogen (secondary N) is 2. The molecule has 1 aliphatic heterocycles. The van der Waals surface area contributed by atoms with Gasteiger partial charge in [0.1, 0.15) is 18.1 Å². The molecule has 2 aromatic rings. The molecule has 154 valence electrons. The number of anilines is 1. The highest BCUT2D eigenvalue weighted by Gasteiger charge is 2.17. The summed E-state index contributed by atoms with van der Waals surface area (Å²) in [5.41, 5.74) is 1.15. The standard InChI is InChI=1S/C21H23BrN2O4S/c1-2-26-18-10-9-14(12-16(18)22)20(25)24-21(29)23-17-7-3-4-8-19(17)28-13-15-6-5-11-27-15/h3-4,7-10,12,15H,2,5-6,11,13H2,1H3,(H2,23,24,25,29). The molecule has 0 saturated carbocycles. The molecule has 8 heteroatoms. The summed E-state index contributed by atoms with van der Waals surface area (Å²) in [6.45, 7) is 3.72. The van der Waals surface area contributed by atoms with Gasteiger partial charge in [0.05, 0.1) is 22.9 Å². The molecule has 0 bridgehead atoms. The molecule has 1 saturated heterocycles. The largest absolute Gasteiger partial charge is 0.493 e. The number of carbonyl (C=O) groups is 1. The third-order valence-corrected chi connectivity index (χ3v) is 5.13. The van der Waals surface area contributed by atoms with Crippen LogP contribution in [0.1, 0.15) is 30.1 Å². The Labute approximate surface area is 184 Å². The topological polar surface area (TPSA) is 68.8 Å². The average Bonchev–Trinajstić information content (AvgIpc) is 3.22. The Hall–Kier alpha value is -2.16. The fourth-order valence-electron chi connectivity index (χ4n) is 2.90. The molecule has 1 fully saturated rings. The van der Waals surface area contributed by atoms with Gasteiger partial charge in [-0.15, -0.1) is 0 Å². The maximum atomic E-state index is 12.5. The van der Waals surface area contributed by atoms with E-state index >= 15 is 0 Å². The van der Waals surface area contributed by atoms with Crippen LogP contribution < -0.4 is 20.1 Å². The van der Waals surface area contributed by atoms with Gasteiger partial charge >= 0.3 is 0 Å². The van der Waals surface area contributed by atoms with Crippen LogP contribution in [0, 0.1) is 0 Å². The van der Waals surface area contributed by atoms with Crippen LogP contribution in [0.15, 0.2) is 46.9 Å². The van der Waals surface area contributed by atoms with Crippen LogP contribution in [-0.2, 0) is 4.74 Å². The second-order valence-corrected chi connectivity index (χ2v) is 7.69. The highest BCUT2D eigenvalue weighted by Crippen LogP contribution is 2.27. The van der Waals surface area contributed by atoms with Crippen molar-refractivity contribution in [1.82, 2.24) is 5.32 Å². The summed E-state index contributed by atoms with van der Waals surface area (Å²) in [7, 11) is 0. The molecule has 29 heavy (non-hydrogen) atoms. The summed E-state index contributed by atoms with van der Waals surface area (Å²) >= 11 is 8.71. The van der Waals surface area contributed by atoms with Crippen molar-refractivity contribution in [2.75, 3.05) is 25.1 Å². The number of rotatable bonds is 7. The van der Waals surface area contributed by atoms with Crippen LogP contribution in [0.3, 0.4) is 0 Å². The van der Waals surface area contributed by atoms with Crippen molar-refractivity contribution < 1.29 is 19.0 Å². The van der Waals surface area contributed by atoms with Gasteiger partial charge < -0.3 is 19.5 Å². The van der Waals surface area contributed by atoms with Gasteiger partial charge in [0.15, 0.2) is 5.11 Å². The number of halogens is 1. The molecule has 1 amide bonds.